The first-order valence-corrected chi connectivity index (χ1v) is 8.52. The van der Waals surface area contributed by atoms with Crippen LogP contribution >= 0.6 is 11.6 Å². The van der Waals surface area contributed by atoms with Gasteiger partial charge in [0.2, 0.25) is 0 Å². The Bertz CT molecular complexity index is 874. The second-order valence-corrected chi connectivity index (χ2v) is 5.98. The van der Waals surface area contributed by atoms with Crippen molar-refractivity contribution in [1.29, 1.82) is 0 Å². The van der Waals surface area contributed by atoms with E-state index in [1.165, 1.54) is 19.2 Å². The molecule has 9 nitrogen and oxygen atoms in total. The molecule has 0 aliphatic carbocycles. The van der Waals surface area contributed by atoms with Crippen molar-refractivity contribution in [2.75, 3.05) is 37.5 Å². The fourth-order valence-corrected chi connectivity index (χ4v) is 2.42. The topological polar surface area (TPSA) is 120 Å². The van der Waals surface area contributed by atoms with E-state index in [1.54, 1.807) is 24.3 Å². The minimum atomic E-state index is -0.870. The average molecular weight is 408 g/mol. The number of nitrogens with zero attached hydrogens (tertiary/aromatic N) is 1. The number of halogens is 1. The smallest absolute Gasteiger partial charge is 0.341 e. The molecule has 2 aromatic carbocycles. The van der Waals surface area contributed by atoms with Crippen molar-refractivity contribution in [3.05, 3.63) is 63.2 Å². The molecule has 148 valence electrons. The lowest BCUT2D eigenvalue weighted by Gasteiger charge is -2.12. The second kappa shape index (κ2) is 10.2. The third-order valence-electron chi connectivity index (χ3n) is 3.50. The number of anilines is 2. The largest absolute Gasteiger partial charge is 0.452 e. The first-order valence-electron chi connectivity index (χ1n) is 8.14. The average Bonchev–Trinajstić information content (AvgIpc) is 2.66. The van der Waals surface area contributed by atoms with Gasteiger partial charge in [0.25, 0.3) is 11.6 Å². The maximum atomic E-state index is 12.4. The van der Waals surface area contributed by atoms with E-state index in [-0.39, 0.29) is 11.3 Å². The molecule has 0 spiro atoms. The van der Waals surface area contributed by atoms with Gasteiger partial charge in [0.1, 0.15) is 0 Å². The van der Waals surface area contributed by atoms with Crippen LogP contribution in [0.3, 0.4) is 0 Å². The number of carbonyl (C=O) groups excluding carboxylic acids is 2. The normalized spacial score (nSPS) is 10.2. The van der Waals surface area contributed by atoms with Gasteiger partial charge in [-0.3, -0.25) is 14.9 Å². The Morgan fingerprint density at radius 3 is 2.68 bits per heavy atom. The lowest BCUT2D eigenvalue weighted by atomic mass is 10.1. The molecule has 0 bridgehead atoms. The summed E-state index contributed by atoms with van der Waals surface area (Å²) in [7, 11) is 1.52. The van der Waals surface area contributed by atoms with Crippen molar-refractivity contribution in [3.8, 4) is 0 Å². The quantitative estimate of drug-likeness (QED) is 0.283. The van der Waals surface area contributed by atoms with Crippen LogP contribution < -0.4 is 10.6 Å². The number of hydrogen-bond acceptors (Lipinski definition) is 7. The van der Waals surface area contributed by atoms with Crippen molar-refractivity contribution in [1.82, 2.24) is 0 Å². The summed E-state index contributed by atoms with van der Waals surface area (Å²) in [5, 5.41) is 16.9. The monoisotopic (exact) mass is 407 g/mol. The van der Waals surface area contributed by atoms with Crippen molar-refractivity contribution < 1.29 is 24.0 Å². The number of rotatable bonds is 9. The minimum Gasteiger partial charge on any atom is -0.452 e. The summed E-state index contributed by atoms with van der Waals surface area (Å²) in [5.41, 5.74) is 0.460. The molecule has 28 heavy (non-hydrogen) atoms. The fourth-order valence-electron chi connectivity index (χ4n) is 2.23. The number of nitrogens with one attached hydrogen (secondary N) is 2. The van der Waals surface area contributed by atoms with Gasteiger partial charge >= 0.3 is 5.97 Å². The Morgan fingerprint density at radius 2 is 2.00 bits per heavy atom. The lowest BCUT2D eigenvalue weighted by Crippen LogP contribution is -2.21. The van der Waals surface area contributed by atoms with Crippen LogP contribution in [-0.4, -0.2) is 43.7 Å². The molecule has 0 atom stereocenters. The third-order valence-corrected chi connectivity index (χ3v) is 3.73. The molecule has 0 saturated heterocycles. The Labute approximate surface area is 165 Å². The number of hydrogen-bond donors (Lipinski definition) is 2. The van der Waals surface area contributed by atoms with Gasteiger partial charge in [0, 0.05) is 42.2 Å². The van der Waals surface area contributed by atoms with Crippen LogP contribution in [0.2, 0.25) is 5.02 Å². The molecule has 0 saturated carbocycles. The zero-order valence-electron chi connectivity index (χ0n) is 14.9. The van der Waals surface area contributed by atoms with Crippen LogP contribution in [0.15, 0.2) is 42.5 Å². The van der Waals surface area contributed by atoms with Crippen molar-refractivity contribution >= 4 is 40.5 Å². The second-order valence-electron chi connectivity index (χ2n) is 5.54. The first-order chi connectivity index (χ1) is 13.4. The fraction of sp³-hybridized carbons (Fsp3) is 0.222. The van der Waals surface area contributed by atoms with Gasteiger partial charge in [-0.2, -0.15) is 0 Å². The predicted molar refractivity (Wildman–Crippen MR) is 104 cm³/mol. The first kappa shape index (κ1) is 21.1. The lowest BCUT2D eigenvalue weighted by molar-refractivity contribution is -0.384. The number of carbonyl (C=O) groups is 2. The van der Waals surface area contributed by atoms with Crippen LogP contribution in [-0.2, 0) is 14.3 Å². The van der Waals surface area contributed by atoms with Gasteiger partial charge < -0.3 is 20.1 Å². The molecule has 10 heteroatoms. The number of non-ortho nitro benzene ring substituents is 1. The highest BCUT2D eigenvalue weighted by Crippen LogP contribution is 2.23. The number of benzene rings is 2. The van der Waals surface area contributed by atoms with E-state index in [9.17, 15) is 19.7 Å². The third kappa shape index (κ3) is 6.22. The van der Waals surface area contributed by atoms with E-state index >= 15 is 0 Å². The summed E-state index contributed by atoms with van der Waals surface area (Å²) < 4.78 is 9.92. The maximum Gasteiger partial charge on any atom is 0.341 e. The van der Waals surface area contributed by atoms with Crippen LogP contribution in [0.25, 0.3) is 0 Å². The number of nitro groups is 1. The van der Waals surface area contributed by atoms with Gasteiger partial charge in [-0.25, -0.2) is 4.79 Å². The van der Waals surface area contributed by atoms with Crippen molar-refractivity contribution in [3.63, 3.8) is 0 Å². The van der Waals surface area contributed by atoms with Gasteiger partial charge in [-0.1, -0.05) is 17.7 Å². The van der Waals surface area contributed by atoms with E-state index in [2.05, 4.69) is 10.6 Å². The molecule has 0 fully saturated rings. The molecule has 1 amide bonds. The predicted octanol–water partition coefficient (Wildman–Crippen LogP) is 3.10. The van der Waals surface area contributed by atoms with Gasteiger partial charge in [-0.05, 0) is 24.3 Å². The zero-order chi connectivity index (χ0) is 20.5. The SMILES string of the molecule is COCCNc1ccc([N+](=O)[O-])cc1C(=O)OCC(=O)Nc1cccc(Cl)c1. The van der Waals surface area contributed by atoms with Crippen LogP contribution in [0.1, 0.15) is 10.4 Å². The summed E-state index contributed by atoms with van der Waals surface area (Å²) in [5.74, 6) is -1.44. The number of ether oxygens (including phenoxy) is 2. The van der Waals surface area contributed by atoms with Gasteiger partial charge in [0.15, 0.2) is 6.61 Å². The highest BCUT2D eigenvalue weighted by molar-refractivity contribution is 6.30. The Morgan fingerprint density at radius 1 is 1.21 bits per heavy atom. The molecule has 2 rings (SSSR count). The molecule has 0 heterocycles. The van der Waals surface area contributed by atoms with E-state index < -0.39 is 23.4 Å². The summed E-state index contributed by atoms with van der Waals surface area (Å²) >= 11 is 5.84. The molecule has 0 aromatic heterocycles. The van der Waals surface area contributed by atoms with E-state index in [4.69, 9.17) is 21.1 Å². The summed E-state index contributed by atoms with van der Waals surface area (Å²) in [6, 6.07) is 10.2. The highest BCUT2D eigenvalue weighted by atomic mass is 35.5. The Balaban J connectivity index is 2.05. The number of nitro benzene ring substituents is 1. The molecular weight excluding hydrogens is 390 g/mol. The number of esters is 1. The summed E-state index contributed by atoms with van der Waals surface area (Å²) in [4.78, 5) is 34.7. The molecule has 0 unspecified atom stereocenters. The summed E-state index contributed by atoms with van der Waals surface area (Å²) in [6.45, 7) is 0.183. The van der Waals surface area contributed by atoms with Crippen LogP contribution in [0.5, 0.6) is 0 Å². The Hall–Kier alpha value is -3.17. The van der Waals surface area contributed by atoms with Crippen molar-refractivity contribution in [2.45, 2.75) is 0 Å². The molecule has 0 radical (unpaired) electrons. The summed E-state index contributed by atoms with van der Waals surface area (Å²) in [6.07, 6.45) is 0. The number of methoxy groups -OCH3 is 1. The standard InChI is InChI=1S/C18H18ClN3O6/c1-27-8-7-20-16-6-5-14(22(25)26)10-15(16)18(24)28-11-17(23)21-13-4-2-3-12(19)9-13/h2-6,9-10,20H,7-8,11H2,1H3,(H,21,23). The van der Waals surface area contributed by atoms with Crippen LogP contribution in [0.4, 0.5) is 17.1 Å². The van der Waals surface area contributed by atoms with E-state index in [1.807, 2.05) is 0 Å². The molecule has 2 aromatic rings. The van der Waals surface area contributed by atoms with Crippen LogP contribution in [0, 0.1) is 10.1 Å². The minimum absolute atomic E-state index is 0.0548. The van der Waals surface area contributed by atoms with Gasteiger partial charge in [-0.15, -0.1) is 0 Å². The maximum absolute atomic E-state index is 12.4. The highest BCUT2D eigenvalue weighted by Gasteiger charge is 2.19. The van der Waals surface area contributed by atoms with Gasteiger partial charge in [0.05, 0.1) is 17.1 Å². The zero-order valence-corrected chi connectivity index (χ0v) is 15.7. The molecular formula is C18H18ClN3O6. The molecule has 0 aliphatic rings. The molecule has 0 aliphatic heterocycles. The number of amides is 1. The Kier molecular flexibility index (Phi) is 7.73. The molecule has 2 N–H and O–H groups in total. The van der Waals surface area contributed by atoms with Crippen molar-refractivity contribution in [2.24, 2.45) is 0 Å². The van der Waals surface area contributed by atoms with E-state index in [0.29, 0.717) is 29.5 Å². The van der Waals surface area contributed by atoms with E-state index in [0.717, 1.165) is 6.07 Å².